The number of amides is 1. The molecule has 1 N–H and O–H groups in total. The van der Waals surface area contributed by atoms with Gasteiger partial charge in [-0.15, -0.1) is 0 Å². The zero-order chi connectivity index (χ0) is 20.4. The fourth-order valence-electron chi connectivity index (χ4n) is 2.67. The number of hydrogen-bond acceptors (Lipinski definition) is 5. The highest BCUT2D eigenvalue weighted by molar-refractivity contribution is 5.92. The Labute approximate surface area is 165 Å². The van der Waals surface area contributed by atoms with E-state index in [1.807, 2.05) is 37.3 Å². The number of nitriles is 1. The maximum absolute atomic E-state index is 12.3. The van der Waals surface area contributed by atoms with Crippen LogP contribution in [0, 0.1) is 11.3 Å². The zero-order valence-corrected chi connectivity index (χ0v) is 16.3. The number of nitrogens with zero attached hydrogens (tertiary/aromatic N) is 1. The summed E-state index contributed by atoms with van der Waals surface area (Å²) in [7, 11) is 3.14. The van der Waals surface area contributed by atoms with Gasteiger partial charge in [-0.2, -0.15) is 5.26 Å². The average Bonchev–Trinajstić information content (AvgIpc) is 2.74. The van der Waals surface area contributed by atoms with Crippen molar-refractivity contribution in [2.24, 2.45) is 0 Å². The van der Waals surface area contributed by atoms with E-state index in [-0.39, 0.29) is 18.6 Å². The maximum atomic E-state index is 12.3. The fourth-order valence-corrected chi connectivity index (χ4v) is 2.67. The van der Waals surface area contributed by atoms with Gasteiger partial charge < -0.3 is 19.5 Å². The molecule has 1 atom stereocenters. The van der Waals surface area contributed by atoms with Crippen LogP contribution in [-0.4, -0.2) is 26.7 Å². The summed E-state index contributed by atoms with van der Waals surface area (Å²) in [5, 5.41) is 11.6. The molecule has 1 unspecified atom stereocenters. The van der Waals surface area contributed by atoms with Gasteiger partial charge in [0.05, 0.1) is 20.3 Å². The lowest BCUT2D eigenvalue weighted by molar-refractivity contribution is -0.117. The van der Waals surface area contributed by atoms with E-state index >= 15 is 0 Å². The second-order valence-electron chi connectivity index (χ2n) is 5.93. The van der Waals surface area contributed by atoms with Crippen LogP contribution >= 0.6 is 0 Å². The highest BCUT2D eigenvalue weighted by Crippen LogP contribution is 2.28. The van der Waals surface area contributed by atoms with Gasteiger partial charge in [-0.3, -0.25) is 4.79 Å². The lowest BCUT2D eigenvalue weighted by Gasteiger charge is -2.16. The zero-order valence-electron chi connectivity index (χ0n) is 16.3. The molecule has 0 aromatic heterocycles. The second-order valence-corrected chi connectivity index (χ2v) is 5.93. The Morgan fingerprint density at radius 3 is 2.50 bits per heavy atom. The van der Waals surface area contributed by atoms with Crippen LogP contribution in [0.4, 0.5) is 0 Å². The number of carbonyl (C=O) groups is 1. The Hall–Kier alpha value is -3.46. The van der Waals surface area contributed by atoms with Crippen molar-refractivity contribution in [1.29, 1.82) is 5.26 Å². The topological polar surface area (TPSA) is 80.6 Å². The van der Waals surface area contributed by atoms with E-state index in [4.69, 9.17) is 19.5 Å². The van der Waals surface area contributed by atoms with E-state index in [0.29, 0.717) is 11.5 Å². The summed E-state index contributed by atoms with van der Waals surface area (Å²) >= 11 is 0. The summed E-state index contributed by atoms with van der Waals surface area (Å²) < 4.78 is 15.7. The number of benzene rings is 2. The molecule has 2 rings (SSSR count). The molecule has 146 valence electrons. The molecule has 6 heteroatoms. The lowest BCUT2D eigenvalue weighted by Crippen LogP contribution is -2.26. The van der Waals surface area contributed by atoms with Crippen LogP contribution in [0.5, 0.6) is 17.2 Å². The molecule has 28 heavy (non-hydrogen) atoms. The minimum atomic E-state index is -0.188. The van der Waals surface area contributed by atoms with Crippen LogP contribution in [0.1, 0.15) is 30.5 Å². The fraction of sp³-hybridized carbons (Fsp3) is 0.273. The first kappa shape index (κ1) is 20.8. The summed E-state index contributed by atoms with van der Waals surface area (Å²) in [6.45, 7) is 1.96. The van der Waals surface area contributed by atoms with Gasteiger partial charge in [0.25, 0.3) is 0 Å². The molecule has 0 spiro atoms. The van der Waals surface area contributed by atoms with Crippen LogP contribution in [-0.2, 0) is 4.79 Å². The SMILES string of the molecule is CCC(NC(=O)/C=C/c1ccc(OCC#N)c(OC)c1)c1ccc(OC)cc1. The minimum absolute atomic E-state index is 0.0578. The van der Waals surface area contributed by atoms with Gasteiger partial charge in [0.15, 0.2) is 18.1 Å². The number of carbonyl (C=O) groups excluding carboxylic acids is 1. The highest BCUT2D eigenvalue weighted by Gasteiger charge is 2.11. The third kappa shape index (κ3) is 5.78. The highest BCUT2D eigenvalue weighted by atomic mass is 16.5. The van der Waals surface area contributed by atoms with E-state index < -0.39 is 0 Å². The van der Waals surface area contributed by atoms with Crippen molar-refractivity contribution < 1.29 is 19.0 Å². The molecule has 0 saturated heterocycles. The molecule has 0 fully saturated rings. The van der Waals surface area contributed by atoms with Gasteiger partial charge in [0, 0.05) is 6.08 Å². The quantitative estimate of drug-likeness (QED) is 0.668. The number of nitrogens with one attached hydrogen (secondary N) is 1. The molecule has 1 amide bonds. The Balaban J connectivity index is 2.04. The van der Waals surface area contributed by atoms with Crippen molar-refractivity contribution in [3.05, 3.63) is 59.7 Å². The average molecular weight is 380 g/mol. The van der Waals surface area contributed by atoms with Crippen molar-refractivity contribution in [2.45, 2.75) is 19.4 Å². The molecule has 0 aliphatic carbocycles. The van der Waals surface area contributed by atoms with Crippen LogP contribution < -0.4 is 19.5 Å². The molecule has 0 heterocycles. The number of rotatable bonds is 9. The number of ether oxygens (including phenoxy) is 3. The standard InChI is InChI=1S/C22H24N2O4/c1-4-19(17-7-9-18(26-2)10-8-17)24-22(25)12-6-16-5-11-20(28-14-13-23)21(15-16)27-3/h5-12,15,19H,4,14H2,1-3H3,(H,24,25)/b12-6+. The summed E-state index contributed by atoms with van der Waals surface area (Å²) in [5.74, 6) is 1.58. The van der Waals surface area contributed by atoms with Gasteiger partial charge in [-0.1, -0.05) is 25.1 Å². The molecule has 2 aromatic rings. The first-order valence-electron chi connectivity index (χ1n) is 8.91. The largest absolute Gasteiger partial charge is 0.497 e. The van der Waals surface area contributed by atoms with Crippen LogP contribution in [0.2, 0.25) is 0 Å². The molecule has 0 bridgehead atoms. The molecule has 0 saturated carbocycles. The summed E-state index contributed by atoms with van der Waals surface area (Å²) in [6.07, 6.45) is 3.95. The first-order chi connectivity index (χ1) is 13.6. The normalized spacial score (nSPS) is 11.5. The smallest absolute Gasteiger partial charge is 0.244 e. The van der Waals surface area contributed by atoms with Crippen LogP contribution in [0.25, 0.3) is 6.08 Å². The van der Waals surface area contributed by atoms with Gasteiger partial charge in [0.1, 0.15) is 11.8 Å². The van der Waals surface area contributed by atoms with E-state index in [1.54, 1.807) is 31.4 Å². The van der Waals surface area contributed by atoms with Crippen molar-refractivity contribution in [1.82, 2.24) is 5.32 Å². The first-order valence-corrected chi connectivity index (χ1v) is 8.91. The Morgan fingerprint density at radius 2 is 1.89 bits per heavy atom. The summed E-state index contributed by atoms with van der Waals surface area (Å²) in [4.78, 5) is 12.3. The Bertz CT molecular complexity index is 854. The Morgan fingerprint density at radius 1 is 1.14 bits per heavy atom. The van der Waals surface area contributed by atoms with E-state index in [9.17, 15) is 4.79 Å². The van der Waals surface area contributed by atoms with Gasteiger partial charge in [-0.25, -0.2) is 0 Å². The number of methoxy groups -OCH3 is 2. The second kappa shape index (κ2) is 10.6. The molecule has 2 aromatic carbocycles. The molecular formula is C22H24N2O4. The van der Waals surface area contributed by atoms with Gasteiger partial charge >= 0.3 is 0 Å². The van der Waals surface area contributed by atoms with Crippen molar-refractivity contribution in [3.8, 4) is 23.3 Å². The predicted octanol–water partition coefficient (Wildman–Crippen LogP) is 3.89. The minimum Gasteiger partial charge on any atom is -0.497 e. The van der Waals surface area contributed by atoms with Crippen LogP contribution in [0.3, 0.4) is 0 Å². The lowest BCUT2D eigenvalue weighted by atomic mass is 10.0. The predicted molar refractivity (Wildman–Crippen MR) is 107 cm³/mol. The van der Waals surface area contributed by atoms with E-state index in [0.717, 1.165) is 23.3 Å². The summed E-state index contributed by atoms with van der Waals surface area (Å²) in [6, 6.07) is 14.7. The maximum Gasteiger partial charge on any atom is 0.244 e. The molecular weight excluding hydrogens is 356 g/mol. The van der Waals surface area contributed by atoms with Gasteiger partial charge in [0.2, 0.25) is 5.91 Å². The van der Waals surface area contributed by atoms with Crippen molar-refractivity contribution >= 4 is 12.0 Å². The molecule has 0 radical (unpaired) electrons. The Kier molecular flexibility index (Phi) is 7.92. The van der Waals surface area contributed by atoms with Crippen molar-refractivity contribution in [3.63, 3.8) is 0 Å². The van der Waals surface area contributed by atoms with Crippen molar-refractivity contribution in [2.75, 3.05) is 20.8 Å². The van der Waals surface area contributed by atoms with E-state index in [2.05, 4.69) is 5.32 Å². The molecule has 0 aliphatic rings. The van der Waals surface area contributed by atoms with Gasteiger partial charge in [-0.05, 0) is 47.9 Å². The van der Waals surface area contributed by atoms with Crippen LogP contribution in [0.15, 0.2) is 48.5 Å². The number of hydrogen-bond donors (Lipinski definition) is 1. The third-order valence-electron chi connectivity index (χ3n) is 4.15. The summed E-state index contributed by atoms with van der Waals surface area (Å²) in [5.41, 5.74) is 1.81. The van der Waals surface area contributed by atoms with E-state index in [1.165, 1.54) is 13.2 Å². The monoisotopic (exact) mass is 380 g/mol. The molecule has 6 nitrogen and oxygen atoms in total. The third-order valence-corrected chi connectivity index (χ3v) is 4.15. The molecule has 0 aliphatic heterocycles.